The molecule has 18 heteroatoms. The molecular weight excluding hydrogens is 449 g/mol. The van der Waals surface area contributed by atoms with Gasteiger partial charge in [-0.2, -0.15) is 8.62 Å². The number of aryl methyl sites for hydroxylation is 1. The van der Waals surface area contributed by atoms with Crippen molar-refractivity contribution in [1.29, 1.82) is 0 Å². The molecule has 1 aliphatic rings. The van der Waals surface area contributed by atoms with Gasteiger partial charge in [0, 0.05) is 11.8 Å². The van der Waals surface area contributed by atoms with Gasteiger partial charge in [-0.05, 0) is 19.8 Å². The van der Waals surface area contributed by atoms with Crippen molar-refractivity contribution in [1.82, 2.24) is 9.55 Å². The maximum Gasteiger partial charge on any atom is 0.490 e. The number of hydrogen-bond acceptors (Lipinski definition) is 9. The molecule has 5 N–H and O–H groups in total. The van der Waals surface area contributed by atoms with Crippen LogP contribution in [0.3, 0.4) is 0 Å². The van der Waals surface area contributed by atoms with E-state index < -0.39 is 53.7 Å². The third-order valence-corrected chi connectivity index (χ3v) is 7.18. The third-order valence-electron chi connectivity index (χ3n) is 3.38. The van der Waals surface area contributed by atoms with E-state index in [0.29, 0.717) is 0 Å². The second-order valence-corrected chi connectivity index (χ2v) is 10.1. The largest absolute Gasteiger partial charge is 0.490 e. The molecule has 160 valence electrons. The zero-order chi connectivity index (χ0) is 21.3. The summed E-state index contributed by atoms with van der Waals surface area (Å²) in [7, 11) is -16.3. The van der Waals surface area contributed by atoms with Crippen LogP contribution in [0.5, 0.6) is 0 Å². The minimum atomic E-state index is -5.59. The van der Waals surface area contributed by atoms with Crippen LogP contribution in [0.1, 0.15) is 24.6 Å². The van der Waals surface area contributed by atoms with Crippen molar-refractivity contribution < 1.29 is 51.2 Å². The van der Waals surface area contributed by atoms with Crippen LogP contribution in [-0.4, -0.2) is 41.8 Å². The van der Waals surface area contributed by atoms with E-state index in [-0.39, 0.29) is 18.4 Å². The molecule has 1 saturated heterocycles. The summed E-state index contributed by atoms with van der Waals surface area (Å²) in [5.74, 6) is 0. The SMILES string of the molecule is Cc1cn([C@@H]2CC[C@H](COP(=O)(O)OP(=O)(O)OP(=O)(O)O)O2)c(=O)[nH]c1=O. The molecule has 0 amide bonds. The van der Waals surface area contributed by atoms with Gasteiger partial charge in [0.25, 0.3) is 5.56 Å². The van der Waals surface area contributed by atoms with Crippen LogP contribution in [0.4, 0.5) is 0 Å². The number of aromatic amines is 1. The van der Waals surface area contributed by atoms with Crippen molar-refractivity contribution in [3.05, 3.63) is 32.6 Å². The molecule has 0 bridgehead atoms. The maximum atomic E-state index is 11.8. The van der Waals surface area contributed by atoms with Crippen molar-refractivity contribution in [3.8, 4) is 0 Å². The summed E-state index contributed by atoms with van der Waals surface area (Å²) >= 11 is 0. The highest BCUT2D eigenvalue weighted by atomic mass is 31.3. The van der Waals surface area contributed by atoms with Gasteiger partial charge in [-0.1, -0.05) is 0 Å². The van der Waals surface area contributed by atoms with Crippen LogP contribution in [0, 0.1) is 6.92 Å². The number of phosphoric ester groups is 1. The van der Waals surface area contributed by atoms with Crippen LogP contribution in [0.2, 0.25) is 0 Å². The number of H-pyrrole nitrogens is 1. The monoisotopic (exact) mass is 466 g/mol. The highest BCUT2D eigenvalue weighted by molar-refractivity contribution is 7.66. The maximum absolute atomic E-state index is 11.8. The standard InChI is InChI=1S/C10H17N2O13P3/c1-6-4-12(10(14)11-9(6)13)8-3-2-7(23-8)5-22-27(18,19)25-28(20,21)24-26(15,16)17/h4,7-8H,2-3,5H2,1H3,(H,18,19)(H,20,21)(H,11,13,14)(H2,15,16,17)/t7-,8+/m1/s1. The number of nitrogens with one attached hydrogen (secondary N) is 1. The van der Waals surface area contributed by atoms with Crippen molar-refractivity contribution in [3.63, 3.8) is 0 Å². The highest BCUT2D eigenvalue weighted by Gasteiger charge is 2.41. The summed E-state index contributed by atoms with van der Waals surface area (Å²) in [6.07, 6.45) is 0.212. The van der Waals surface area contributed by atoms with Gasteiger partial charge in [0.2, 0.25) is 0 Å². The number of nitrogens with zero attached hydrogens (tertiary/aromatic N) is 1. The molecule has 0 saturated carbocycles. The van der Waals surface area contributed by atoms with Crippen molar-refractivity contribution in [2.45, 2.75) is 32.1 Å². The van der Waals surface area contributed by atoms with Crippen LogP contribution >= 0.6 is 23.5 Å². The summed E-state index contributed by atoms with van der Waals surface area (Å²) in [6, 6.07) is 0. The molecule has 0 aliphatic carbocycles. The van der Waals surface area contributed by atoms with E-state index in [1.54, 1.807) is 0 Å². The van der Waals surface area contributed by atoms with E-state index in [4.69, 9.17) is 19.4 Å². The normalized spacial score (nSPS) is 24.6. The molecule has 4 atom stereocenters. The Morgan fingerprint density at radius 3 is 2.39 bits per heavy atom. The van der Waals surface area contributed by atoms with Crippen molar-refractivity contribution in [2.24, 2.45) is 0 Å². The lowest BCUT2D eigenvalue weighted by atomic mass is 10.2. The molecule has 1 aromatic rings. The average Bonchev–Trinajstić information content (AvgIpc) is 2.94. The van der Waals surface area contributed by atoms with Crippen LogP contribution < -0.4 is 11.2 Å². The molecule has 2 unspecified atom stereocenters. The lowest BCUT2D eigenvalue weighted by Gasteiger charge is -2.19. The second kappa shape index (κ2) is 8.42. The Balaban J connectivity index is 1.95. The van der Waals surface area contributed by atoms with Crippen LogP contribution in [0.25, 0.3) is 0 Å². The van der Waals surface area contributed by atoms with Gasteiger partial charge in [-0.25, -0.2) is 18.5 Å². The van der Waals surface area contributed by atoms with Crippen LogP contribution in [0.15, 0.2) is 15.8 Å². The summed E-state index contributed by atoms with van der Waals surface area (Å²) in [5, 5.41) is 0. The Labute approximate surface area is 156 Å². The highest BCUT2D eigenvalue weighted by Crippen LogP contribution is 2.66. The van der Waals surface area contributed by atoms with Gasteiger partial charge >= 0.3 is 29.2 Å². The first-order chi connectivity index (χ1) is 12.7. The van der Waals surface area contributed by atoms with E-state index in [1.807, 2.05) is 0 Å². The first-order valence-electron chi connectivity index (χ1n) is 7.43. The Morgan fingerprint density at radius 2 is 1.79 bits per heavy atom. The van der Waals surface area contributed by atoms with Gasteiger partial charge in [0.05, 0.1) is 12.7 Å². The van der Waals surface area contributed by atoms with E-state index >= 15 is 0 Å². The molecule has 28 heavy (non-hydrogen) atoms. The summed E-state index contributed by atoms with van der Waals surface area (Å²) in [6.45, 7) is 0.869. The Hall–Kier alpha value is -0.950. The molecule has 2 heterocycles. The Morgan fingerprint density at radius 1 is 1.14 bits per heavy atom. The lowest BCUT2D eigenvalue weighted by molar-refractivity contribution is -0.0244. The number of rotatable bonds is 8. The minimum Gasteiger partial charge on any atom is -0.352 e. The first kappa shape index (κ1) is 23.3. The van der Waals surface area contributed by atoms with Gasteiger partial charge in [0.1, 0.15) is 6.23 Å². The van der Waals surface area contributed by atoms with E-state index in [2.05, 4.69) is 18.1 Å². The predicted octanol–water partition coefficient (Wildman–Crippen LogP) is -0.134. The predicted molar refractivity (Wildman–Crippen MR) is 89.0 cm³/mol. The Bertz CT molecular complexity index is 980. The minimum absolute atomic E-state index is 0.255. The molecule has 1 aliphatic heterocycles. The first-order valence-corrected chi connectivity index (χ1v) is 12.0. The van der Waals surface area contributed by atoms with Crippen molar-refractivity contribution in [2.75, 3.05) is 6.61 Å². The summed E-state index contributed by atoms with van der Waals surface area (Å²) < 4.78 is 51.7. The quantitative estimate of drug-likeness (QED) is 0.315. The van der Waals surface area contributed by atoms with Gasteiger partial charge in [-0.15, -0.1) is 0 Å². The van der Waals surface area contributed by atoms with Crippen LogP contribution in [-0.2, 0) is 31.6 Å². The molecule has 15 nitrogen and oxygen atoms in total. The zero-order valence-electron chi connectivity index (χ0n) is 14.1. The lowest BCUT2D eigenvalue weighted by Crippen LogP contribution is -2.33. The molecule has 0 spiro atoms. The number of aromatic nitrogens is 2. The Kier molecular flexibility index (Phi) is 7.02. The van der Waals surface area contributed by atoms with Crippen molar-refractivity contribution >= 4 is 23.5 Å². The number of hydrogen-bond donors (Lipinski definition) is 5. The third kappa shape index (κ3) is 6.83. The molecule has 1 fully saturated rings. The van der Waals surface area contributed by atoms with Gasteiger partial charge in [-0.3, -0.25) is 18.9 Å². The molecule has 2 rings (SSSR count). The van der Waals surface area contributed by atoms with Gasteiger partial charge in [0.15, 0.2) is 0 Å². The van der Waals surface area contributed by atoms with E-state index in [9.17, 15) is 28.2 Å². The smallest absolute Gasteiger partial charge is 0.352 e. The molecule has 1 aromatic heterocycles. The fraction of sp³-hybridized carbons (Fsp3) is 0.600. The number of phosphoric acid groups is 3. The van der Waals surface area contributed by atoms with E-state index in [0.717, 1.165) is 4.57 Å². The average molecular weight is 466 g/mol. The van der Waals surface area contributed by atoms with Gasteiger partial charge < -0.3 is 24.3 Å². The van der Waals surface area contributed by atoms with E-state index in [1.165, 1.54) is 13.1 Å². The zero-order valence-corrected chi connectivity index (χ0v) is 16.8. The molecule has 0 aromatic carbocycles. The molecule has 0 radical (unpaired) electrons. The fourth-order valence-electron chi connectivity index (χ4n) is 2.29. The number of ether oxygens (including phenoxy) is 1. The second-order valence-electron chi connectivity index (χ2n) is 5.66. The topological polar surface area (TPSA) is 224 Å². The molecular formula is C10H17N2O13P3. The summed E-state index contributed by atoms with van der Waals surface area (Å²) in [4.78, 5) is 60.6. The fourth-order valence-corrected chi connectivity index (χ4v) is 5.34. The summed E-state index contributed by atoms with van der Waals surface area (Å²) in [5.41, 5.74) is -1.00.